The van der Waals surface area contributed by atoms with Crippen LogP contribution in [0, 0.1) is 3.57 Å². The summed E-state index contributed by atoms with van der Waals surface area (Å²) in [5.74, 6) is 0. The summed E-state index contributed by atoms with van der Waals surface area (Å²) in [6, 6.07) is 0.620. The van der Waals surface area contributed by atoms with Crippen LogP contribution in [0.1, 0.15) is 17.8 Å². The summed E-state index contributed by atoms with van der Waals surface area (Å²) >= 11 is 6.84. The fourth-order valence-electron chi connectivity index (χ4n) is 0.807. The molecule has 15 heavy (non-hydrogen) atoms. The average molecular weight is 357 g/mol. The number of aromatic nitrogens is 1. The van der Waals surface area contributed by atoms with Crippen LogP contribution < -0.4 is 0 Å². The molecule has 1 nitrogen and oxygen atoms in total. The fraction of sp³-hybridized carbons (Fsp3) is 0.286. The summed E-state index contributed by atoms with van der Waals surface area (Å²) < 4.78 is 61.0. The molecule has 0 bridgehead atoms. The maximum atomic E-state index is 12.3. The summed E-state index contributed by atoms with van der Waals surface area (Å²) in [5, 5.41) is -0.446. The predicted molar refractivity (Wildman–Crippen MR) is 51.9 cm³/mol. The van der Waals surface area contributed by atoms with E-state index >= 15 is 0 Å². The highest BCUT2D eigenvalue weighted by atomic mass is 127. The molecule has 0 radical (unpaired) electrons. The Morgan fingerprint density at radius 3 is 2.27 bits per heavy atom. The molecule has 1 rings (SSSR count). The average Bonchev–Trinajstić information content (AvgIpc) is 2.06. The number of hydrogen-bond acceptors (Lipinski definition) is 1. The second kappa shape index (κ2) is 4.36. The molecule has 0 saturated heterocycles. The zero-order chi connectivity index (χ0) is 11.8. The molecule has 0 spiro atoms. The largest absolute Gasteiger partial charge is 0.433 e. The van der Waals surface area contributed by atoms with E-state index in [2.05, 4.69) is 4.98 Å². The quantitative estimate of drug-likeness (QED) is 0.540. The molecular weight excluding hydrogens is 355 g/mol. The van der Waals surface area contributed by atoms with E-state index in [-0.39, 0.29) is 3.57 Å². The van der Waals surface area contributed by atoms with Crippen LogP contribution in [0.3, 0.4) is 0 Å². The molecule has 1 aromatic heterocycles. The second-order valence-corrected chi connectivity index (χ2v) is 4.03. The van der Waals surface area contributed by atoms with Crippen molar-refractivity contribution in [2.24, 2.45) is 0 Å². The molecule has 1 heterocycles. The van der Waals surface area contributed by atoms with Crippen molar-refractivity contribution >= 4 is 34.2 Å². The van der Waals surface area contributed by atoms with Gasteiger partial charge in [-0.25, -0.2) is 13.8 Å². The Hall–Kier alpha value is -0.180. The van der Waals surface area contributed by atoms with Crippen molar-refractivity contribution in [3.05, 3.63) is 26.0 Å². The minimum atomic E-state index is -4.76. The van der Waals surface area contributed by atoms with Crippen LogP contribution in [0.4, 0.5) is 22.0 Å². The van der Waals surface area contributed by atoms with Gasteiger partial charge in [-0.2, -0.15) is 13.2 Å². The first kappa shape index (κ1) is 12.9. The predicted octanol–water partition coefficient (Wildman–Crippen LogP) is 4.30. The Bertz CT molecular complexity index is 378. The molecule has 0 atom stereocenters. The van der Waals surface area contributed by atoms with E-state index in [9.17, 15) is 22.0 Å². The third-order valence-corrected chi connectivity index (χ3v) is 3.00. The molecule has 0 N–H and O–H groups in total. The van der Waals surface area contributed by atoms with Gasteiger partial charge in [-0.05, 0) is 28.7 Å². The molecule has 0 aliphatic carbocycles. The lowest BCUT2D eigenvalue weighted by atomic mass is 10.3. The SMILES string of the molecule is FC(F)c1nc(C(F)(F)F)cc(I)c1Cl. The Kier molecular flexibility index (Phi) is 3.75. The minimum Gasteiger partial charge on any atom is -0.241 e. The molecular formula is C7H2ClF5IN. The van der Waals surface area contributed by atoms with Gasteiger partial charge in [0.15, 0.2) is 0 Å². The zero-order valence-electron chi connectivity index (χ0n) is 6.75. The number of pyridine rings is 1. The number of hydrogen-bond donors (Lipinski definition) is 0. The van der Waals surface area contributed by atoms with Crippen LogP contribution in [0.15, 0.2) is 6.07 Å². The Morgan fingerprint density at radius 1 is 1.33 bits per heavy atom. The molecule has 1 aromatic rings. The molecule has 0 saturated carbocycles. The highest BCUT2D eigenvalue weighted by Crippen LogP contribution is 2.35. The summed E-state index contributed by atoms with van der Waals surface area (Å²) in [7, 11) is 0. The van der Waals surface area contributed by atoms with Crippen molar-refractivity contribution in [2.45, 2.75) is 12.6 Å². The summed E-state index contributed by atoms with van der Waals surface area (Å²) in [4.78, 5) is 2.79. The topological polar surface area (TPSA) is 12.9 Å². The van der Waals surface area contributed by atoms with Crippen LogP contribution in [-0.4, -0.2) is 4.98 Å². The van der Waals surface area contributed by atoms with E-state index in [1.54, 1.807) is 0 Å². The Balaban J connectivity index is 3.36. The van der Waals surface area contributed by atoms with Gasteiger partial charge < -0.3 is 0 Å². The maximum Gasteiger partial charge on any atom is 0.433 e. The van der Waals surface area contributed by atoms with Crippen molar-refractivity contribution < 1.29 is 22.0 Å². The standard InChI is InChI=1S/C7H2ClF5IN/c8-4-2(14)1-3(7(11,12)13)15-5(4)6(9)10/h1,6H. The van der Waals surface area contributed by atoms with Crippen molar-refractivity contribution in [1.82, 2.24) is 4.98 Å². The second-order valence-electron chi connectivity index (χ2n) is 2.49. The maximum absolute atomic E-state index is 12.3. The van der Waals surface area contributed by atoms with E-state index in [0.717, 1.165) is 0 Å². The van der Waals surface area contributed by atoms with Gasteiger partial charge in [0.05, 0.1) is 5.02 Å². The fourth-order valence-corrected chi connectivity index (χ4v) is 1.56. The third kappa shape index (κ3) is 2.90. The lowest BCUT2D eigenvalue weighted by Crippen LogP contribution is -2.11. The summed E-state index contributed by atoms with van der Waals surface area (Å²) in [6.07, 6.45) is -7.89. The van der Waals surface area contributed by atoms with E-state index in [1.807, 2.05) is 0 Å². The first-order chi connectivity index (χ1) is 6.73. The van der Waals surface area contributed by atoms with E-state index < -0.39 is 29.0 Å². The van der Waals surface area contributed by atoms with Crippen molar-refractivity contribution in [2.75, 3.05) is 0 Å². The lowest BCUT2D eigenvalue weighted by Gasteiger charge is -2.10. The van der Waals surface area contributed by atoms with Gasteiger partial charge in [0.1, 0.15) is 11.4 Å². The Morgan fingerprint density at radius 2 is 1.87 bits per heavy atom. The molecule has 84 valence electrons. The van der Waals surface area contributed by atoms with Crippen LogP contribution in [0.2, 0.25) is 5.02 Å². The summed E-state index contributed by atoms with van der Waals surface area (Å²) in [6.45, 7) is 0. The molecule has 0 fully saturated rings. The first-order valence-corrected chi connectivity index (χ1v) is 4.90. The third-order valence-electron chi connectivity index (χ3n) is 1.44. The van der Waals surface area contributed by atoms with Crippen LogP contribution in [0.5, 0.6) is 0 Å². The van der Waals surface area contributed by atoms with E-state index in [1.165, 1.54) is 22.6 Å². The van der Waals surface area contributed by atoms with E-state index in [0.29, 0.717) is 6.07 Å². The van der Waals surface area contributed by atoms with Gasteiger partial charge in [0.25, 0.3) is 6.43 Å². The smallest absolute Gasteiger partial charge is 0.241 e. The van der Waals surface area contributed by atoms with Crippen molar-refractivity contribution in [3.63, 3.8) is 0 Å². The van der Waals surface area contributed by atoms with Gasteiger partial charge in [-0.1, -0.05) is 11.6 Å². The van der Waals surface area contributed by atoms with E-state index in [4.69, 9.17) is 11.6 Å². The first-order valence-electron chi connectivity index (χ1n) is 3.44. The molecule has 8 heteroatoms. The van der Waals surface area contributed by atoms with Gasteiger partial charge in [-0.15, -0.1) is 0 Å². The molecule has 0 aromatic carbocycles. The van der Waals surface area contributed by atoms with Crippen molar-refractivity contribution in [3.8, 4) is 0 Å². The number of alkyl halides is 5. The van der Waals surface area contributed by atoms with Crippen LogP contribution in [-0.2, 0) is 6.18 Å². The molecule has 0 amide bonds. The highest BCUT2D eigenvalue weighted by Gasteiger charge is 2.34. The molecule has 0 unspecified atom stereocenters. The van der Waals surface area contributed by atoms with Crippen molar-refractivity contribution in [1.29, 1.82) is 0 Å². The number of nitrogens with zero attached hydrogens (tertiary/aromatic N) is 1. The Labute approximate surface area is 99.8 Å². The van der Waals surface area contributed by atoms with Gasteiger partial charge >= 0.3 is 6.18 Å². The van der Waals surface area contributed by atoms with Crippen LogP contribution >= 0.6 is 34.2 Å². The van der Waals surface area contributed by atoms with Gasteiger partial charge in [0, 0.05) is 3.57 Å². The zero-order valence-corrected chi connectivity index (χ0v) is 9.66. The molecule has 0 aliphatic heterocycles. The molecule has 0 aliphatic rings. The minimum absolute atomic E-state index is 0.105. The lowest BCUT2D eigenvalue weighted by molar-refractivity contribution is -0.141. The number of rotatable bonds is 1. The normalized spacial score (nSPS) is 12.3. The number of halogens is 7. The van der Waals surface area contributed by atoms with Gasteiger partial charge in [0.2, 0.25) is 0 Å². The van der Waals surface area contributed by atoms with Crippen LogP contribution in [0.25, 0.3) is 0 Å². The highest BCUT2D eigenvalue weighted by molar-refractivity contribution is 14.1. The van der Waals surface area contributed by atoms with Gasteiger partial charge in [-0.3, -0.25) is 0 Å². The monoisotopic (exact) mass is 357 g/mol. The summed E-state index contributed by atoms with van der Waals surface area (Å²) in [5.41, 5.74) is -2.41.